The molecule has 1 atom stereocenters. The molecule has 2 aromatic rings. The molecule has 196 valence electrons. The van der Waals surface area contributed by atoms with Gasteiger partial charge in [-0.25, -0.2) is 23.5 Å². The van der Waals surface area contributed by atoms with E-state index in [0.717, 1.165) is 5.56 Å². The summed E-state index contributed by atoms with van der Waals surface area (Å²) in [6, 6.07) is 4.68. The molecule has 1 heterocycles. The van der Waals surface area contributed by atoms with Gasteiger partial charge in [0.1, 0.15) is 18.4 Å². The molecule has 4 amide bonds. The number of alkyl halides is 1. The second-order valence-electron chi connectivity index (χ2n) is 7.80. The first kappa shape index (κ1) is 28.0. The van der Waals surface area contributed by atoms with Crippen molar-refractivity contribution in [3.8, 4) is 11.3 Å². The van der Waals surface area contributed by atoms with Crippen molar-refractivity contribution in [3.63, 3.8) is 0 Å². The zero-order valence-corrected chi connectivity index (χ0v) is 19.6. The number of aryl methyl sites for hydroxylation is 1. The minimum absolute atomic E-state index is 0.0962. The zero-order valence-electron chi connectivity index (χ0n) is 19.6. The third kappa shape index (κ3) is 10.4. The number of amides is 4. The van der Waals surface area contributed by atoms with Gasteiger partial charge >= 0.3 is 24.0 Å². The van der Waals surface area contributed by atoms with E-state index in [1.807, 2.05) is 0 Å². The number of halogens is 1. The highest BCUT2D eigenvalue weighted by molar-refractivity contribution is 5.89. The van der Waals surface area contributed by atoms with Crippen molar-refractivity contribution in [2.75, 3.05) is 25.1 Å². The summed E-state index contributed by atoms with van der Waals surface area (Å²) >= 11 is 0. The van der Waals surface area contributed by atoms with E-state index in [0.29, 0.717) is 30.8 Å². The number of nitrogens with one attached hydrogen (secondary N) is 4. The monoisotopic (exact) mass is 506 g/mol. The molecule has 0 aliphatic carbocycles. The smallest absolute Gasteiger partial charge is 0.326 e. The van der Waals surface area contributed by atoms with Gasteiger partial charge in [0.25, 0.3) is 0 Å². The predicted octanol–water partition coefficient (Wildman–Crippen LogP) is 1.82. The number of hydrogen-bond acceptors (Lipinski definition) is 6. The van der Waals surface area contributed by atoms with E-state index in [1.165, 1.54) is 4.68 Å². The SMILES string of the molecule is O=C(O)CCCNC(=O)NC(CCCCNC(=O)Nc1ccc(-c2cn(CC[18F])nn2)cc1)C(=O)O. The topological polar surface area (TPSA) is 188 Å². The van der Waals surface area contributed by atoms with E-state index in [-0.39, 0.29) is 32.4 Å². The molecule has 1 unspecified atom stereocenters. The maximum atomic E-state index is 12.4. The molecule has 6 N–H and O–H groups in total. The Balaban J connectivity index is 1.65. The van der Waals surface area contributed by atoms with Gasteiger partial charge in [0.05, 0.1) is 12.7 Å². The van der Waals surface area contributed by atoms with Crippen LogP contribution in [0.5, 0.6) is 0 Å². The van der Waals surface area contributed by atoms with Crippen LogP contribution in [0.25, 0.3) is 11.3 Å². The number of urea groups is 2. The number of aliphatic carboxylic acids is 2. The average molecular weight is 507 g/mol. The fourth-order valence-electron chi connectivity index (χ4n) is 3.11. The molecule has 0 radical (unpaired) electrons. The van der Waals surface area contributed by atoms with Crippen LogP contribution in [0, 0.1) is 0 Å². The molecular weight excluding hydrogens is 476 g/mol. The van der Waals surface area contributed by atoms with Crippen LogP contribution in [0.4, 0.5) is 19.7 Å². The number of carboxylic acids is 2. The summed E-state index contributed by atoms with van der Waals surface area (Å²) in [6.45, 7) is 0.0158. The Morgan fingerprint density at radius 3 is 2.33 bits per heavy atom. The van der Waals surface area contributed by atoms with Crippen LogP contribution >= 0.6 is 0 Å². The Bertz CT molecular complexity index is 1010. The van der Waals surface area contributed by atoms with E-state index in [1.54, 1.807) is 30.5 Å². The molecule has 36 heavy (non-hydrogen) atoms. The van der Waals surface area contributed by atoms with Crippen molar-refractivity contribution in [1.82, 2.24) is 30.9 Å². The maximum Gasteiger partial charge on any atom is 0.326 e. The molecule has 0 bridgehead atoms. The summed E-state index contributed by atoms with van der Waals surface area (Å²) in [5, 5.41) is 35.8. The minimum Gasteiger partial charge on any atom is -0.481 e. The first-order chi connectivity index (χ1) is 17.3. The largest absolute Gasteiger partial charge is 0.481 e. The number of aromatic nitrogens is 3. The highest BCUT2D eigenvalue weighted by atomic mass is 18.2. The lowest BCUT2D eigenvalue weighted by atomic mass is 10.1. The molecule has 0 saturated carbocycles. The maximum absolute atomic E-state index is 12.4. The molecule has 14 heteroatoms. The summed E-state index contributed by atoms with van der Waals surface area (Å²) in [7, 11) is 0. The molecular formula is C22H30FN7O6. The lowest BCUT2D eigenvalue weighted by Crippen LogP contribution is -2.46. The van der Waals surface area contributed by atoms with Crippen LogP contribution in [0.1, 0.15) is 32.1 Å². The molecule has 1 aromatic heterocycles. The highest BCUT2D eigenvalue weighted by Gasteiger charge is 2.19. The number of hydrogen-bond donors (Lipinski definition) is 6. The molecule has 0 aliphatic rings. The summed E-state index contributed by atoms with van der Waals surface area (Å²) < 4.78 is 13.8. The fraction of sp³-hybridized carbons (Fsp3) is 0.455. The molecule has 2 rings (SSSR count). The Morgan fingerprint density at radius 1 is 0.972 bits per heavy atom. The van der Waals surface area contributed by atoms with Crippen LogP contribution in [-0.4, -0.2) is 75.0 Å². The lowest BCUT2D eigenvalue weighted by molar-refractivity contribution is -0.139. The highest BCUT2D eigenvalue weighted by Crippen LogP contribution is 2.19. The molecule has 0 aliphatic heterocycles. The summed E-state index contributed by atoms with van der Waals surface area (Å²) in [6.07, 6.45) is 2.87. The van der Waals surface area contributed by atoms with Crippen LogP contribution in [0.3, 0.4) is 0 Å². The van der Waals surface area contributed by atoms with Crippen molar-refractivity contribution in [3.05, 3.63) is 30.5 Å². The average Bonchev–Trinajstić information content (AvgIpc) is 3.30. The van der Waals surface area contributed by atoms with E-state index in [9.17, 15) is 28.7 Å². The second kappa shape index (κ2) is 14.9. The normalized spacial score (nSPS) is 11.4. The number of rotatable bonds is 15. The molecule has 1 aromatic carbocycles. The van der Waals surface area contributed by atoms with Gasteiger partial charge in [0, 0.05) is 30.8 Å². The van der Waals surface area contributed by atoms with Crippen molar-refractivity contribution >= 4 is 29.7 Å². The van der Waals surface area contributed by atoms with Crippen LogP contribution in [-0.2, 0) is 16.1 Å². The number of anilines is 1. The number of carbonyl (C=O) groups is 4. The molecule has 0 spiro atoms. The van der Waals surface area contributed by atoms with Crippen molar-refractivity contribution in [1.29, 1.82) is 0 Å². The van der Waals surface area contributed by atoms with Crippen molar-refractivity contribution in [2.45, 2.75) is 44.7 Å². The van der Waals surface area contributed by atoms with E-state index in [2.05, 4.69) is 31.6 Å². The standard InChI is InChI=1S/C22H30FN7O6/c23-10-13-30-14-18(28-29-30)15-6-8-16(9-7-15)26-21(35)24-11-2-1-4-17(20(33)34)27-22(36)25-12-3-5-19(31)32/h6-9,14,17H,1-5,10-13H2,(H,31,32)(H,33,34)(H2,24,26,35)(H2,25,27,36)/i23-1. The third-order valence-corrected chi connectivity index (χ3v) is 4.95. The van der Waals surface area contributed by atoms with E-state index < -0.39 is 36.7 Å². The number of carboxylic acid groups (broad SMARTS) is 2. The van der Waals surface area contributed by atoms with Gasteiger partial charge in [-0.1, -0.05) is 17.3 Å². The van der Waals surface area contributed by atoms with E-state index >= 15 is 0 Å². The minimum atomic E-state index is -1.19. The predicted molar refractivity (Wildman–Crippen MR) is 127 cm³/mol. The van der Waals surface area contributed by atoms with Gasteiger partial charge in [0.2, 0.25) is 0 Å². The lowest BCUT2D eigenvalue weighted by Gasteiger charge is -2.15. The first-order valence-corrected chi connectivity index (χ1v) is 11.4. The first-order valence-electron chi connectivity index (χ1n) is 11.4. The van der Waals surface area contributed by atoms with Gasteiger partial charge in [-0.05, 0) is 37.8 Å². The Labute approximate surface area is 206 Å². The third-order valence-electron chi connectivity index (χ3n) is 4.95. The molecule has 0 fully saturated rings. The molecule has 0 saturated heterocycles. The van der Waals surface area contributed by atoms with Crippen molar-refractivity contribution in [2.24, 2.45) is 0 Å². The summed E-state index contributed by atoms with van der Waals surface area (Å²) in [5.74, 6) is -2.16. The number of benzene rings is 1. The molecule has 13 nitrogen and oxygen atoms in total. The Kier molecular flexibility index (Phi) is 11.6. The Morgan fingerprint density at radius 2 is 1.67 bits per heavy atom. The number of carbonyl (C=O) groups excluding carboxylic acids is 2. The Hall–Kier alpha value is -4.23. The summed E-state index contributed by atoms with van der Waals surface area (Å²) in [5.41, 5.74) is 1.91. The van der Waals surface area contributed by atoms with Gasteiger partial charge < -0.3 is 31.5 Å². The van der Waals surface area contributed by atoms with Crippen LogP contribution in [0.15, 0.2) is 30.5 Å². The summed E-state index contributed by atoms with van der Waals surface area (Å²) in [4.78, 5) is 45.6. The quantitative estimate of drug-likeness (QED) is 0.197. The second-order valence-corrected chi connectivity index (χ2v) is 7.80. The number of nitrogens with zero attached hydrogens (tertiary/aromatic N) is 3. The number of unbranched alkanes of at least 4 members (excludes halogenated alkanes) is 1. The van der Waals surface area contributed by atoms with Crippen molar-refractivity contribution < 1.29 is 33.8 Å². The van der Waals surface area contributed by atoms with Gasteiger partial charge in [-0.2, -0.15) is 0 Å². The van der Waals surface area contributed by atoms with Gasteiger partial charge in [0.15, 0.2) is 0 Å². The zero-order chi connectivity index (χ0) is 26.3. The van der Waals surface area contributed by atoms with Crippen LogP contribution < -0.4 is 21.3 Å². The fourth-order valence-corrected chi connectivity index (χ4v) is 3.11. The van der Waals surface area contributed by atoms with Crippen LogP contribution in [0.2, 0.25) is 0 Å². The van der Waals surface area contributed by atoms with E-state index in [4.69, 9.17) is 5.11 Å². The van der Waals surface area contributed by atoms with Gasteiger partial charge in [-0.3, -0.25) is 4.79 Å². The van der Waals surface area contributed by atoms with Gasteiger partial charge in [-0.15, -0.1) is 5.10 Å².